The summed E-state index contributed by atoms with van der Waals surface area (Å²) in [5.74, 6) is 0.598. The summed E-state index contributed by atoms with van der Waals surface area (Å²) in [5.41, 5.74) is 2.83. The molecule has 0 atom stereocenters. The maximum Gasteiger partial charge on any atom is 0.226 e. The Morgan fingerprint density at radius 3 is 2.41 bits per heavy atom. The van der Waals surface area contributed by atoms with Crippen LogP contribution in [0.4, 0.5) is 11.1 Å². The highest BCUT2D eigenvalue weighted by molar-refractivity contribution is 7.15. The van der Waals surface area contributed by atoms with E-state index in [4.69, 9.17) is 0 Å². The Balaban J connectivity index is 1.73. The standard InChI is InChI=1S/C15H21N5OS/c1-9-8-10(2)18-14(17-9)16-7-5-6-13(21)20-15-19-11(3)12(4)22-15/h8H,5-7H2,1-4H3,(H,16,17,18)(H,19,20,21). The highest BCUT2D eigenvalue weighted by atomic mass is 32.1. The van der Waals surface area contributed by atoms with E-state index >= 15 is 0 Å². The molecule has 0 bridgehead atoms. The van der Waals surface area contributed by atoms with E-state index in [1.807, 2.05) is 33.8 Å². The lowest BCUT2D eigenvalue weighted by Gasteiger charge is -2.06. The summed E-state index contributed by atoms with van der Waals surface area (Å²) in [7, 11) is 0. The first kappa shape index (κ1) is 16.4. The van der Waals surface area contributed by atoms with Crippen molar-refractivity contribution in [1.82, 2.24) is 15.0 Å². The number of thiazole rings is 1. The molecule has 2 aromatic heterocycles. The van der Waals surface area contributed by atoms with Crippen LogP contribution in [-0.2, 0) is 4.79 Å². The molecule has 0 aliphatic heterocycles. The second kappa shape index (κ2) is 7.31. The summed E-state index contributed by atoms with van der Waals surface area (Å²) in [6, 6.07) is 1.93. The summed E-state index contributed by atoms with van der Waals surface area (Å²) in [4.78, 5) is 25.9. The van der Waals surface area contributed by atoms with Gasteiger partial charge in [0.25, 0.3) is 0 Å². The van der Waals surface area contributed by atoms with Gasteiger partial charge in [0.1, 0.15) is 0 Å². The smallest absolute Gasteiger partial charge is 0.226 e. The van der Waals surface area contributed by atoms with Crippen molar-refractivity contribution in [3.8, 4) is 0 Å². The van der Waals surface area contributed by atoms with Gasteiger partial charge in [0.15, 0.2) is 5.13 Å². The monoisotopic (exact) mass is 319 g/mol. The van der Waals surface area contributed by atoms with Crippen molar-refractivity contribution in [3.63, 3.8) is 0 Å². The molecular weight excluding hydrogens is 298 g/mol. The zero-order valence-corrected chi connectivity index (χ0v) is 14.2. The molecule has 0 spiro atoms. The second-order valence-corrected chi connectivity index (χ2v) is 6.42. The van der Waals surface area contributed by atoms with Crippen molar-refractivity contribution in [3.05, 3.63) is 28.0 Å². The minimum absolute atomic E-state index is 0.0168. The molecule has 7 heteroatoms. The number of hydrogen-bond donors (Lipinski definition) is 2. The van der Waals surface area contributed by atoms with Gasteiger partial charge in [0, 0.05) is 29.2 Å². The molecule has 6 nitrogen and oxygen atoms in total. The van der Waals surface area contributed by atoms with E-state index in [9.17, 15) is 4.79 Å². The maximum absolute atomic E-state index is 11.8. The highest BCUT2D eigenvalue weighted by Gasteiger charge is 2.07. The first-order valence-electron chi connectivity index (χ1n) is 7.24. The van der Waals surface area contributed by atoms with Crippen molar-refractivity contribution in [2.75, 3.05) is 17.2 Å². The van der Waals surface area contributed by atoms with Crippen LogP contribution in [0.3, 0.4) is 0 Å². The highest BCUT2D eigenvalue weighted by Crippen LogP contribution is 2.21. The Morgan fingerprint density at radius 1 is 1.14 bits per heavy atom. The number of aryl methyl sites for hydroxylation is 4. The number of anilines is 2. The number of nitrogens with zero attached hydrogens (tertiary/aromatic N) is 3. The average molecular weight is 319 g/mol. The first-order valence-corrected chi connectivity index (χ1v) is 8.05. The van der Waals surface area contributed by atoms with Crippen molar-refractivity contribution in [1.29, 1.82) is 0 Å². The molecular formula is C15H21N5OS. The quantitative estimate of drug-likeness (QED) is 0.800. The summed E-state index contributed by atoms with van der Waals surface area (Å²) in [6.07, 6.45) is 1.15. The fraction of sp³-hybridized carbons (Fsp3) is 0.467. The van der Waals surface area contributed by atoms with Gasteiger partial charge >= 0.3 is 0 Å². The molecule has 0 saturated heterocycles. The molecule has 0 unspecified atom stereocenters. The van der Waals surface area contributed by atoms with E-state index in [0.717, 1.165) is 22.0 Å². The normalized spacial score (nSPS) is 10.5. The third kappa shape index (κ3) is 4.77. The largest absolute Gasteiger partial charge is 0.354 e. The molecule has 2 rings (SSSR count). The lowest BCUT2D eigenvalue weighted by atomic mass is 10.3. The molecule has 1 amide bonds. The van der Waals surface area contributed by atoms with Gasteiger partial charge in [-0.1, -0.05) is 0 Å². The molecule has 22 heavy (non-hydrogen) atoms. The van der Waals surface area contributed by atoms with Gasteiger partial charge in [0.2, 0.25) is 11.9 Å². The molecule has 0 aliphatic carbocycles. The Hall–Kier alpha value is -2.02. The van der Waals surface area contributed by atoms with E-state index in [0.29, 0.717) is 30.5 Å². The summed E-state index contributed by atoms with van der Waals surface area (Å²) in [6.45, 7) is 8.47. The van der Waals surface area contributed by atoms with Crippen molar-refractivity contribution in [2.24, 2.45) is 0 Å². The number of nitrogens with one attached hydrogen (secondary N) is 2. The molecule has 2 aromatic rings. The van der Waals surface area contributed by atoms with Crippen LogP contribution >= 0.6 is 11.3 Å². The predicted molar refractivity (Wildman–Crippen MR) is 89.4 cm³/mol. The Bertz CT molecular complexity index is 628. The topological polar surface area (TPSA) is 79.8 Å². The van der Waals surface area contributed by atoms with E-state index in [2.05, 4.69) is 25.6 Å². The lowest BCUT2D eigenvalue weighted by Crippen LogP contribution is -2.14. The van der Waals surface area contributed by atoms with Crippen LogP contribution < -0.4 is 10.6 Å². The molecule has 118 valence electrons. The molecule has 2 N–H and O–H groups in total. The Morgan fingerprint density at radius 2 is 1.82 bits per heavy atom. The van der Waals surface area contributed by atoms with Crippen molar-refractivity contribution in [2.45, 2.75) is 40.5 Å². The van der Waals surface area contributed by atoms with Crippen LogP contribution in [0.1, 0.15) is 34.8 Å². The molecule has 0 saturated carbocycles. The van der Waals surface area contributed by atoms with E-state index in [-0.39, 0.29) is 5.91 Å². The minimum Gasteiger partial charge on any atom is -0.354 e. The zero-order chi connectivity index (χ0) is 16.1. The zero-order valence-electron chi connectivity index (χ0n) is 13.4. The van der Waals surface area contributed by atoms with Crippen molar-refractivity contribution >= 4 is 28.3 Å². The predicted octanol–water partition coefficient (Wildman–Crippen LogP) is 3.00. The fourth-order valence-corrected chi connectivity index (χ4v) is 2.79. The van der Waals surface area contributed by atoms with Crippen LogP contribution in [0.5, 0.6) is 0 Å². The fourth-order valence-electron chi connectivity index (χ4n) is 1.96. The van der Waals surface area contributed by atoms with Gasteiger partial charge < -0.3 is 10.6 Å². The lowest BCUT2D eigenvalue weighted by molar-refractivity contribution is -0.116. The van der Waals surface area contributed by atoms with Crippen LogP contribution in [0.15, 0.2) is 6.07 Å². The second-order valence-electron chi connectivity index (χ2n) is 5.21. The first-order chi connectivity index (χ1) is 10.4. The van der Waals surface area contributed by atoms with E-state index in [1.165, 1.54) is 11.3 Å². The van der Waals surface area contributed by atoms with Gasteiger partial charge in [-0.3, -0.25) is 4.79 Å². The van der Waals surface area contributed by atoms with Gasteiger partial charge in [-0.05, 0) is 40.2 Å². The van der Waals surface area contributed by atoms with Crippen molar-refractivity contribution < 1.29 is 4.79 Å². The van der Waals surface area contributed by atoms with Crippen LogP contribution in [0.25, 0.3) is 0 Å². The number of aromatic nitrogens is 3. The third-order valence-corrected chi connectivity index (χ3v) is 4.11. The van der Waals surface area contributed by atoms with Gasteiger partial charge in [-0.2, -0.15) is 0 Å². The van der Waals surface area contributed by atoms with Gasteiger partial charge in [0.05, 0.1) is 5.69 Å². The number of carbonyl (C=O) groups is 1. The number of carbonyl (C=O) groups excluding carboxylic acids is 1. The van der Waals surface area contributed by atoms with Crippen LogP contribution in [0, 0.1) is 27.7 Å². The molecule has 0 fully saturated rings. The SMILES string of the molecule is Cc1cc(C)nc(NCCCC(=O)Nc2nc(C)c(C)s2)n1. The van der Waals surface area contributed by atoms with E-state index < -0.39 is 0 Å². The van der Waals surface area contributed by atoms with Crippen LogP contribution in [-0.4, -0.2) is 27.4 Å². The summed E-state index contributed by atoms with van der Waals surface area (Å²) >= 11 is 1.50. The molecule has 2 heterocycles. The maximum atomic E-state index is 11.8. The summed E-state index contributed by atoms with van der Waals surface area (Å²) in [5, 5.41) is 6.65. The van der Waals surface area contributed by atoms with E-state index in [1.54, 1.807) is 0 Å². The molecule has 0 aromatic carbocycles. The number of hydrogen-bond acceptors (Lipinski definition) is 6. The van der Waals surface area contributed by atoms with Crippen LogP contribution in [0.2, 0.25) is 0 Å². The molecule has 0 aliphatic rings. The van der Waals surface area contributed by atoms with Gasteiger partial charge in [-0.15, -0.1) is 11.3 Å². The number of rotatable bonds is 6. The van der Waals surface area contributed by atoms with Gasteiger partial charge in [-0.25, -0.2) is 15.0 Å². The average Bonchev–Trinajstić information content (AvgIpc) is 2.72. The summed E-state index contributed by atoms with van der Waals surface area (Å²) < 4.78 is 0. The Labute approximate surface area is 134 Å². The Kier molecular flexibility index (Phi) is 5.43. The minimum atomic E-state index is -0.0168. The molecule has 0 radical (unpaired) electrons. The third-order valence-electron chi connectivity index (χ3n) is 3.12. The number of amides is 1.